The number of methoxy groups -OCH3 is 1. The van der Waals surface area contributed by atoms with Gasteiger partial charge in [-0.05, 0) is 37.0 Å². The molecule has 0 atom stereocenters. The van der Waals surface area contributed by atoms with Gasteiger partial charge in [0, 0.05) is 24.7 Å². The Labute approximate surface area is 123 Å². The molecule has 0 bridgehead atoms. The van der Waals surface area contributed by atoms with E-state index >= 15 is 0 Å². The van der Waals surface area contributed by atoms with Gasteiger partial charge in [-0.2, -0.15) is 0 Å². The van der Waals surface area contributed by atoms with Crippen LogP contribution in [0.25, 0.3) is 0 Å². The summed E-state index contributed by atoms with van der Waals surface area (Å²) in [6, 6.07) is 6.01. The Balaban J connectivity index is 2.93. The molecular formula is C17H29NO2. The summed E-state index contributed by atoms with van der Waals surface area (Å²) in [5, 5.41) is 10.1. The summed E-state index contributed by atoms with van der Waals surface area (Å²) in [5.41, 5.74) is 0.942. The number of hydrogen-bond donors (Lipinski definition) is 1. The van der Waals surface area contributed by atoms with Crippen LogP contribution in [0.4, 0.5) is 0 Å². The van der Waals surface area contributed by atoms with E-state index in [4.69, 9.17) is 4.74 Å². The van der Waals surface area contributed by atoms with Gasteiger partial charge in [0.1, 0.15) is 11.5 Å². The lowest BCUT2D eigenvalue weighted by molar-refractivity contribution is 0.156. The Hall–Kier alpha value is -1.22. The van der Waals surface area contributed by atoms with E-state index in [1.807, 2.05) is 6.07 Å². The van der Waals surface area contributed by atoms with Gasteiger partial charge in [-0.3, -0.25) is 4.90 Å². The molecule has 0 amide bonds. The third-order valence-electron chi connectivity index (χ3n) is 3.72. The summed E-state index contributed by atoms with van der Waals surface area (Å²) < 4.78 is 5.26. The van der Waals surface area contributed by atoms with Gasteiger partial charge in [0.25, 0.3) is 0 Å². The maximum Gasteiger partial charge on any atom is 0.120 e. The highest BCUT2D eigenvalue weighted by atomic mass is 16.5. The molecule has 0 saturated heterocycles. The molecule has 0 aliphatic carbocycles. The lowest BCUT2D eigenvalue weighted by Crippen LogP contribution is -2.36. The van der Waals surface area contributed by atoms with Crippen molar-refractivity contribution in [2.75, 3.05) is 13.7 Å². The molecule has 1 rings (SSSR count). The van der Waals surface area contributed by atoms with Crippen LogP contribution in [0.2, 0.25) is 0 Å². The fourth-order valence-corrected chi connectivity index (χ4v) is 2.65. The quantitative estimate of drug-likeness (QED) is 0.779. The van der Waals surface area contributed by atoms with Crippen molar-refractivity contribution >= 4 is 0 Å². The summed E-state index contributed by atoms with van der Waals surface area (Å²) >= 11 is 0. The number of phenolic OH excluding ortho intramolecular Hbond substituents is 1. The first-order chi connectivity index (χ1) is 9.51. The molecule has 3 heteroatoms. The van der Waals surface area contributed by atoms with Crippen molar-refractivity contribution in [3.05, 3.63) is 23.8 Å². The second-order valence-corrected chi connectivity index (χ2v) is 5.79. The molecule has 3 nitrogen and oxygen atoms in total. The molecule has 0 heterocycles. The van der Waals surface area contributed by atoms with Crippen LogP contribution in [0.5, 0.6) is 11.5 Å². The molecule has 0 saturated carbocycles. The van der Waals surface area contributed by atoms with Crippen LogP contribution < -0.4 is 4.74 Å². The van der Waals surface area contributed by atoms with E-state index < -0.39 is 0 Å². The highest BCUT2D eigenvalue weighted by Crippen LogP contribution is 2.26. The summed E-state index contributed by atoms with van der Waals surface area (Å²) in [4.78, 5) is 2.47. The Morgan fingerprint density at radius 3 is 2.35 bits per heavy atom. The minimum atomic E-state index is 0.352. The van der Waals surface area contributed by atoms with E-state index in [9.17, 15) is 5.11 Å². The lowest BCUT2D eigenvalue weighted by Gasteiger charge is -2.32. The number of phenols is 1. The molecular weight excluding hydrogens is 250 g/mol. The van der Waals surface area contributed by atoms with Crippen LogP contribution in [0.1, 0.15) is 46.1 Å². The van der Waals surface area contributed by atoms with E-state index in [-0.39, 0.29) is 0 Å². The van der Waals surface area contributed by atoms with Crippen LogP contribution in [0.15, 0.2) is 18.2 Å². The molecule has 0 unspecified atom stereocenters. The largest absolute Gasteiger partial charge is 0.508 e. The van der Waals surface area contributed by atoms with E-state index in [1.54, 1.807) is 19.2 Å². The number of nitrogens with zero attached hydrogens (tertiary/aromatic N) is 1. The van der Waals surface area contributed by atoms with Gasteiger partial charge in [-0.25, -0.2) is 0 Å². The van der Waals surface area contributed by atoms with Gasteiger partial charge >= 0.3 is 0 Å². The van der Waals surface area contributed by atoms with Crippen molar-refractivity contribution in [1.82, 2.24) is 4.90 Å². The minimum absolute atomic E-state index is 0.352. The molecule has 0 aliphatic rings. The van der Waals surface area contributed by atoms with E-state index in [1.165, 1.54) is 0 Å². The molecule has 0 radical (unpaired) electrons. The fourth-order valence-electron chi connectivity index (χ4n) is 2.65. The zero-order valence-electron chi connectivity index (χ0n) is 13.5. The summed E-state index contributed by atoms with van der Waals surface area (Å²) in [7, 11) is 1.66. The average molecular weight is 279 g/mol. The highest BCUT2D eigenvalue weighted by Gasteiger charge is 2.18. The standard InChI is InChI=1S/C17H29NO2/c1-6-15(7-2)18(11-13(3)4)12-14-10-16(20-5)8-9-17(14)19/h8-10,13,15,19H,6-7,11-12H2,1-5H3. The monoisotopic (exact) mass is 279 g/mol. The predicted molar refractivity (Wildman–Crippen MR) is 84.3 cm³/mol. The Kier molecular flexibility index (Phi) is 6.86. The summed E-state index contributed by atoms with van der Waals surface area (Å²) in [6.07, 6.45) is 2.27. The summed E-state index contributed by atoms with van der Waals surface area (Å²) in [6.45, 7) is 10.7. The van der Waals surface area contributed by atoms with Crippen molar-refractivity contribution in [2.24, 2.45) is 5.92 Å². The van der Waals surface area contributed by atoms with Crippen molar-refractivity contribution < 1.29 is 9.84 Å². The first-order valence-corrected chi connectivity index (χ1v) is 7.61. The maximum absolute atomic E-state index is 10.1. The Bertz CT molecular complexity index is 400. The number of aromatic hydroxyl groups is 1. The van der Waals surface area contributed by atoms with Crippen LogP contribution in [-0.2, 0) is 6.54 Å². The number of hydrogen-bond acceptors (Lipinski definition) is 3. The molecule has 114 valence electrons. The van der Waals surface area contributed by atoms with Crippen molar-refractivity contribution in [3.8, 4) is 11.5 Å². The van der Waals surface area contributed by atoms with Gasteiger partial charge < -0.3 is 9.84 Å². The molecule has 0 spiro atoms. The number of benzene rings is 1. The highest BCUT2D eigenvalue weighted by molar-refractivity contribution is 5.39. The molecule has 1 aromatic carbocycles. The second-order valence-electron chi connectivity index (χ2n) is 5.79. The molecule has 20 heavy (non-hydrogen) atoms. The van der Waals surface area contributed by atoms with E-state index in [2.05, 4.69) is 32.6 Å². The topological polar surface area (TPSA) is 32.7 Å². The van der Waals surface area contributed by atoms with Gasteiger partial charge in [0.15, 0.2) is 0 Å². The minimum Gasteiger partial charge on any atom is -0.508 e. The van der Waals surface area contributed by atoms with Gasteiger partial charge in [-0.15, -0.1) is 0 Å². The average Bonchev–Trinajstić information content (AvgIpc) is 2.41. The van der Waals surface area contributed by atoms with Crippen LogP contribution in [0, 0.1) is 5.92 Å². The molecule has 0 aliphatic heterocycles. The summed E-state index contributed by atoms with van der Waals surface area (Å²) in [5.74, 6) is 1.76. The molecule has 0 fully saturated rings. The van der Waals surface area contributed by atoms with Gasteiger partial charge in [0.05, 0.1) is 7.11 Å². The van der Waals surface area contributed by atoms with Crippen LogP contribution in [-0.4, -0.2) is 29.7 Å². The normalized spacial score (nSPS) is 11.6. The first-order valence-electron chi connectivity index (χ1n) is 7.61. The lowest BCUT2D eigenvalue weighted by atomic mass is 10.1. The van der Waals surface area contributed by atoms with Crippen LogP contribution in [0.3, 0.4) is 0 Å². The Morgan fingerprint density at radius 1 is 1.20 bits per heavy atom. The maximum atomic E-state index is 10.1. The SMILES string of the molecule is CCC(CC)N(Cc1cc(OC)ccc1O)CC(C)C. The van der Waals surface area contributed by atoms with Gasteiger partial charge in [-0.1, -0.05) is 27.7 Å². The molecule has 1 aromatic rings. The fraction of sp³-hybridized carbons (Fsp3) is 0.647. The third-order valence-corrected chi connectivity index (χ3v) is 3.72. The number of ether oxygens (including phenoxy) is 1. The van der Waals surface area contributed by atoms with Crippen molar-refractivity contribution in [2.45, 2.75) is 53.1 Å². The first kappa shape index (κ1) is 16.8. The van der Waals surface area contributed by atoms with Crippen molar-refractivity contribution in [1.29, 1.82) is 0 Å². The molecule has 0 aromatic heterocycles. The van der Waals surface area contributed by atoms with Crippen LogP contribution >= 0.6 is 0 Å². The zero-order valence-corrected chi connectivity index (χ0v) is 13.5. The van der Waals surface area contributed by atoms with E-state index in [0.717, 1.165) is 37.2 Å². The Morgan fingerprint density at radius 2 is 1.85 bits per heavy atom. The van der Waals surface area contributed by atoms with Crippen molar-refractivity contribution in [3.63, 3.8) is 0 Å². The third kappa shape index (κ3) is 4.71. The molecule has 1 N–H and O–H groups in total. The van der Waals surface area contributed by atoms with E-state index in [0.29, 0.717) is 17.7 Å². The van der Waals surface area contributed by atoms with Gasteiger partial charge in [0.2, 0.25) is 0 Å². The zero-order chi connectivity index (χ0) is 15.1. The second kappa shape index (κ2) is 8.15. The predicted octanol–water partition coefficient (Wildman–Crippen LogP) is 4.05. The smallest absolute Gasteiger partial charge is 0.120 e. The number of rotatable bonds is 8.